The number of nitrogens with zero attached hydrogens (tertiary/aromatic N) is 16. The van der Waals surface area contributed by atoms with E-state index in [0.717, 1.165) is 51.7 Å². The summed E-state index contributed by atoms with van der Waals surface area (Å²) in [5.74, 6) is 13.5. The minimum Gasteiger partial charge on any atom is -0.395 e. The lowest BCUT2D eigenvalue weighted by atomic mass is 9.62. The third-order valence-corrected chi connectivity index (χ3v) is 24.8. The summed E-state index contributed by atoms with van der Waals surface area (Å²) in [5.41, 5.74) is 23.2. The number of benzene rings is 8. The first-order valence-corrected chi connectivity index (χ1v) is 42.1. The quantitative estimate of drug-likeness (QED) is 0.142. The number of fused-ring (bicyclic) bond motifs is 8. The summed E-state index contributed by atoms with van der Waals surface area (Å²) in [6.45, 7) is 34.0. The Hall–Kier alpha value is -12.0. The van der Waals surface area contributed by atoms with E-state index in [9.17, 15) is 0 Å². The Morgan fingerprint density at radius 2 is 0.538 bits per heavy atom. The molecule has 0 spiro atoms. The third kappa shape index (κ3) is 14.6. The maximum Gasteiger partial charge on any atom is 0.406 e. The summed E-state index contributed by atoms with van der Waals surface area (Å²) < 4.78 is 24.3. The second-order valence-corrected chi connectivity index (χ2v) is 36.5. The second-order valence-electron chi connectivity index (χ2n) is 36.5. The minimum atomic E-state index is -2.20. The van der Waals surface area contributed by atoms with Crippen molar-refractivity contribution < 1.29 is 4.11 Å². The number of anilines is 15. The SMILES string of the molecule is C[C@@H]1N(B2C=C(C(C)(C)C)c3ccccc3N2C)c2cccnc2N1c1ccccc1.C[C@@H]1N(B2C=C(C(C)(C)C)c3ccccc3N2C)c2ncccc2N1c1ccccc1.C[C@@H]1N(B2C=C(C(C)(C)C)c3ccccc3N2C)c2nccnc2N1c1ccccc1.[2H]C([2H])([2H])N1c2ccccc2N(B2C=C(C(C)(C)C)c3ccccc3N2C)[C@H]1C. The van der Waals surface area contributed by atoms with Gasteiger partial charge in [0.15, 0.2) is 17.5 Å². The van der Waals surface area contributed by atoms with Crippen molar-refractivity contribution >= 4 is 136 Å². The second kappa shape index (κ2) is 31.7. The van der Waals surface area contributed by atoms with Crippen molar-refractivity contribution in [1.29, 1.82) is 0 Å². The van der Waals surface area contributed by atoms with Crippen LogP contribution in [0.3, 0.4) is 0 Å². The third-order valence-electron chi connectivity index (χ3n) is 24.8. The van der Waals surface area contributed by atoms with Gasteiger partial charge in [0, 0.05) is 75.7 Å². The topological polar surface area (TPSA) is 90.4 Å². The highest BCUT2D eigenvalue weighted by Gasteiger charge is 2.50. The first kappa shape index (κ1) is 76.9. The van der Waals surface area contributed by atoms with Gasteiger partial charge in [-0.1, -0.05) is 247 Å². The summed E-state index contributed by atoms with van der Waals surface area (Å²) in [5, 5.41) is 0. The van der Waals surface area contributed by atoms with Gasteiger partial charge >= 0.3 is 27.9 Å². The van der Waals surface area contributed by atoms with Gasteiger partial charge in [-0.05, 0) is 219 Å². The molecule has 0 saturated carbocycles. The molecule has 0 aliphatic carbocycles. The molecule has 119 heavy (non-hydrogen) atoms. The lowest BCUT2D eigenvalue weighted by Gasteiger charge is -2.42. The van der Waals surface area contributed by atoms with E-state index < -0.39 is 6.98 Å². The van der Waals surface area contributed by atoms with Gasteiger partial charge in [0.05, 0.1) is 47.4 Å². The van der Waals surface area contributed by atoms with Crippen molar-refractivity contribution in [2.45, 2.75) is 135 Å². The van der Waals surface area contributed by atoms with Crippen molar-refractivity contribution in [3.05, 3.63) is 308 Å². The van der Waals surface area contributed by atoms with Crippen LogP contribution in [0, 0.1) is 21.7 Å². The molecule has 0 amide bonds. The Labute approximate surface area is 713 Å². The van der Waals surface area contributed by atoms with E-state index in [1.165, 1.54) is 78.7 Å². The number of para-hydroxylation sites is 9. The molecule has 0 bridgehead atoms. The van der Waals surface area contributed by atoms with Crippen LogP contribution < -0.4 is 58.1 Å². The molecule has 19 rings (SSSR count). The number of aromatic nitrogens is 4. The van der Waals surface area contributed by atoms with Gasteiger partial charge in [0.25, 0.3) is 0 Å². The van der Waals surface area contributed by atoms with E-state index >= 15 is 0 Å². The molecule has 0 N–H and O–H groups in total. The minimum absolute atomic E-state index is 0.0260. The lowest BCUT2D eigenvalue weighted by molar-refractivity contribution is 0.566. The average molecular weight is 1570 g/mol. The molecule has 602 valence electrons. The lowest BCUT2D eigenvalue weighted by Crippen LogP contribution is -2.57. The maximum absolute atomic E-state index is 8.10. The van der Waals surface area contributed by atoms with Crippen LogP contribution in [0.15, 0.2) is 285 Å². The zero-order chi connectivity index (χ0) is 86.4. The van der Waals surface area contributed by atoms with Gasteiger partial charge in [-0.2, -0.15) is 0 Å². The highest BCUT2D eigenvalue weighted by molar-refractivity contribution is 6.76. The zero-order valence-electron chi connectivity index (χ0n) is 75.9. The van der Waals surface area contributed by atoms with Crippen molar-refractivity contribution in [2.75, 3.05) is 93.3 Å². The summed E-state index contributed by atoms with van der Waals surface area (Å²) in [6, 6.07) is 82.6. The van der Waals surface area contributed by atoms with Crippen molar-refractivity contribution in [3.63, 3.8) is 0 Å². The Kier molecular flexibility index (Phi) is 20.5. The number of hydrogen-bond acceptors (Lipinski definition) is 16. The van der Waals surface area contributed by atoms with Crippen LogP contribution in [0.5, 0.6) is 0 Å². The maximum atomic E-state index is 8.10. The Bertz CT molecular complexity index is 5350. The van der Waals surface area contributed by atoms with E-state index in [1.807, 2.05) is 61.8 Å². The Balaban J connectivity index is 0.000000121. The number of rotatable bonds is 7. The molecule has 0 unspecified atom stereocenters. The molecule has 0 radical (unpaired) electrons. The summed E-state index contributed by atoms with van der Waals surface area (Å²) >= 11 is 0. The van der Waals surface area contributed by atoms with E-state index in [0.29, 0.717) is 0 Å². The van der Waals surface area contributed by atoms with E-state index in [-0.39, 0.29) is 74.3 Å². The van der Waals surface area contributed by atoms with Gasteiger partial charge < -0.3 is 58.1 Å². The van der Waals surface area contributed by atoms with Crippen LogP contribution in [0.25, 0.3) is 22.3 Å². The predicted octanol–water partition coefficient (Wildman–Crippen LogP) is 22.3. The summed E-state index contributed by atoms with van der Waals surface area (Å²) in [7, 11) is 8.66. The average Bonchev–Trinajstić information content (AvgIpc) is 1.54. The van der Waals surface area contributed by atoms with Crippen LogP contribution in [0.2, 0.25) is 0 Å². The molecule has 8 aliphatic rings. The first-order valence-electron chi connectivity index (χ1n) is 43.6. The fraction of sp³-hybridized carbons (Fsp3) is 0.293. The van der Waals surface area contributed by atoms with Gasteiger partial charge in [0.1, 0.15) is 5.82 Å². The monoisotopic (exact) mass is 1570 g/mol. The molecular weight excluding hydrogens is 1460 g/mol. The van der Waals surface area contributed by atoms with Crippen LogP contribution in [-0.4, -0.2) is 108 Å². The van der Waals surface area contributed by atoms with E-state index in [2.05, 4.69) is 403 Å². The van der Waals surface area contributed by atoms with Crippen molar-refractivity contribution in [3.8, 4) is 0 Å². The smallest absolute Gasteiger partial charge is 0.395 e. The summed E-state index contributed by atoms with van der Waals surface area (Å²) in [6.07, 6.45) is 7.38. The fourth-order valence-corrected chi connectivity index (χ4v) is 19.0. The van der Waals surface area contributed by atoms with Gasteiger partial charge in [-0.15, -0.1) is 0 Å². The van der Waals surface area contributed by atoms with E-state index in [1.54, 1.807) is 17.3 Å². The van der Waals surface area contributed by atoms with Gasteiger partial charge in [-0.3, -0.25) is 0 Å². The van der Waals surface area contributed by atoms with Gasteiger partial charge in [0.2, 0.25) is 0 Å². The highest BCUT2D eigenvalue weighted by atomic mass is 15.5. The van der Waals surface area contributed by atoms with Crippen molar-refractivity contribution in [2.24, 2.45) is 21.7 Å². The molecule has 0 fully saturated rings. The molecule has 11 aromatic rings. The Morgan fingerprint density at radius 3 is 0.933 bits per heavy atom. The zero-order valence-corrected chi connectivity index (χ0v) is 72.9. The number of allylic oxidation sites excluding steroid dienone is 4. The van der Waals surface area contributed by atoms with Crippen LogP contribution in [-0.2, 0) is 0 Å². The number of pyridine rings is 2. The number of hydrogen-bond donors (Lipinski definition) is 0. The first-order chi connectivity index (χ1) is 58.1. The molecular formula is C99H114B4N16. The van der Waals surface area contributed by atoms with Crippen molar-refractivity contribution in [1.82, 2.24) is 19.9 Å². The highest BCUT2D eigenvalue weighted by Crippen LogP contribution is 2.53. The normalized spacial score (nSPS) is 18.9. The fourth-order valence-electron chi connectivity index (χ4n) is 19.0. The standard InChI is InChI=1S/2C26H29BN4.C25H28BN5.C22H28BN3/c1-19-30(20-12-7-6-8-13-20)25-24(16-11-17-28-25)31(19)27-18-22(26(2,3)4)21-14-9-10-15-23(21)29(27)5;1-19-30(20-12-7-6-8-13-20)24-16-11-17-28-25(24)31(19)27-18-22(26(2,3)4)21-14-9-10-15-23(21)29(27)5;1-18-30(19-11-7-6-8-12-19)23-24(28-16-15-27-23)31(18)26-17-21(25(2,3)4)20-13-9-10-14-22(20)29(26)5;1-16-24(5)20-13-9-10-14-21(20)26(16)23-15-18(22(2,3)4)17-11-7-8-12-19(17)25(23)6/h2*6-19H,1-5H3;6-18H,1-5H3;7-16H,1-6H3/t2*19-;18-;16-/m0000/s1/i;;;5D3. The predicted molar refractivity (Wildman–Crippen MR) is 511 cm³/mol. The molecule has 3 aromatic heterocycles. The Morgan fingerprint density at radius 1 is 0.261 bits per heavy atom. The molecule has 11 heterocycles. The molecule has 4 atom stereocenters. The summed E-state index contributed by atoms with van der Waals surface area (Å²) in [4.78, 5) is 46.7. The van der Waals surface area contributed by atoms with Crippen LogP contribution in [0.4, 0.5) is 85.8 Å². The molecule has 20 heteroatoms. The van der Waals surface area contributed by atoms with Crippen LogP contribution in [0.1, 0.15) is 137 Å². The van der Waals surface area contributed by atoms with Crippen LogP contribution >= 0.6 is 0 Å². The molecule has 16 nitrogen and oxygen atoms in total. The largest absolute Gasteiger partial charge is 0.406 e. The van der Waals surface area contributed by atoms with Gasteiger partial charge in [-0.25, -0.2) is 19.9 Å². The molecule has 8 aliphatic heterocycles. The molecule has 8 aromatic carbocycles. The van der Waals surface area contributed by atoms with E-state index in [4.69, 9.17) is 24.0 Å². The molecule has 0 saturated heterocycles.